The molecule has 3 N–H and O–H groups in total. The van der Waals surface area contributed by atoms with Crippen LogP contribution in [-0.2, 0) is 0 Å². The van der Waals surface area contributed by atoms with Crippen LogP contribution in [-0.4, -0.2) is 23.1 Å². The zero-order valence-corrected chi connectivity index (χ0v) is 11.8. The molecule has 2 aromatic carbocycles. The Morgan fingerprint density at radius 2 is 1.68 bits per heavy atom. The molecule has 3 rings (SSSR count). The lowest BCUT2D eigenvalue weighted by atomic mass is 10.1. The van der Waals surface area contributed by atoms with Gasteiger partial charge in [0.15, 0.2) is 0 Å². The standard InChI is InChI=1S/C17H16N2O3/c20-16(18-13-4-2-1-3-5-13)12-8-6-11(7-9-12)14-10-15(14)19-17(21)22/h1-9,14-15,19H,10H2,(H,18,20)(H,21,22)/t14-,15+/m0/s1. The largest absolute Gasteiger partial charge is 0.465 e. The molecular weight excluding hydrogens is 280 g/mol. The maximum Gasteiger partial charge on any atom is 0.404 e. The van der Waals surface area contributed by atoms with Gasteiger partial charge in [-0.1, -0.05) is 30.3 Å². The Bertz CT molecular complexity index is 683. The van der Waals surface area contributed by atoms with E-state index in [2.05, 4.69) is 10.6 Å². The van der Waals surface area contributed by atoms with E-state index in [0.717, 1.165) is 17.7 Å². The van der Waals surface area contributed by atoms with Crippen LogP contribution in [0.15, 0.2) is 54.6 Å². The third-order valence-electron chi connectivity index (χ3n) is 3.73. The third-order valence-corrected chi connectivity index (χ3v) is 3.73. The van der Waals surface area contributed by atoms with Crippen LogP contribution < -0.4 is 10.6 Å². The van der Waals surface area contributed by atoms with Gasteiger partial charge in [-0.15, -0.1) is 0 Å². The summed E-state index contributed by atoms with van der Waals surface area (Å²) in [5, 5.41) is 14.0. The number of carboxylic acid groups (broad SMARTS) is 1. The summed E-state index contributed by atoms with van der Waals surface area (Å²) in [6.07, 6.45) is -0.187. The van der Waals surface area contributed by atoms with E-state index >= 15 is 0 Å². The van der Waals surface area contributed by atoms with Crippen molar-refractivity contribution in [1.29, 1.82) is 0 Å². The number of hydrogen-bond acceptors (Lipinski definition) is 2. The number of rotatable bonds is 4. The molecule has 0 unspecified atom stereocenters. The Hall–Kier alpha value is -2.82. The van der Waals surface area contributed by atoms with Crippen molar-refractivity contribution in [2.24, 2.45) is 0 Å². The van der Waals surface area contributed by atoms with Crippen LogP contribution >= 0.6 is 0 Å². The molecule has 1 aliphatic rings. The molecule has 0 heterocycles. The molecule has 22 heavy (non-hydrogen) atoms. The molecule has 2 atom stereocenters. The summed E-state index contributed by atoms with van der Waals surface area (Å²) in [5.41, 5.74) is 2.38. The lowest BCUT2D eigenvalue weighted by molar-refractivity contribution is 0.102. The number of benzene rings is 2. The molecule has 1 fully saturated rings. The van der Waals surface area contributed by atoms with Gasteiger partial charge in [0.05, 0.1) is 0 Å². The molecule has 1 saturated carbocycles. The van der Waals surface area contributed by atoms with Gasteiger partial charge in [-0.05, 0) is 36.2 Å². The van der Waals surface area contributed by atoms with E-state index in [1.807, 2.05) is 42.5 Å². The summed E-state index contributed by atoms with van der Waals surface area (Å²) in [7, 11) is 0. The minimum Gasteiger partial charge on any atom is -0.465 e. The fourth-order valence-electron chi connectivity index (χ4n) is 2.49. The van der Waals surface area contributed by atoms with Crippen LogP contribution in [0.4, 0.5) is 10.5 Å². The third kappa shape index (κ3) is 3.25. The summed E-state index contributed by atoms with van der Waals surface area (Å²) >= 11 is 0. The molecule has 0 spiro atoms. The summed E-state index contributed by atoms with van der Waals surface area (Å²) in [5.74, 6) is 0.0519. The Kier molecular flexibility index (Phi) is 3.78. The number of nitrogens with one attached hydrogen (secondary N) is 2. The van der Waals surface area contributed by atoms with Crippen LogP contribution in [0.2, 0.25) is 0 Å². The van der Waals surface area contributed by atoms with E-state index in [1.165, 1.54) is 0 Å². The normalized spacial score (nSPS) is 19.3. The summed E-state index contributed by atoms with van der Waals surface area (Å²) in [6.45, 7) is 0. The van der Waals surface area contributed by atoms with E-state index in [9.17, 15) is 9.59 Å². The van der Waals surface area contributed by atoms with Crippen molar-refractivity contribution in [2.75, 3.05) is 5.32 Å². The summed E-state index contributed by atoms with van der Waals surface area (Å²) in [6, 6.07) is 16.6. The fourth-order valence-corrected chi connectivity index (χ4v) is 2.49. The number of carbonyl (C=O) groups excluding carboxylic acids is 1. The van der Waals surface area contributed by atoms with Crippen molar-refractivity contribution < 1.29 is 14.7 Å². The first-order chi connectivity index (χ1) is 10.6. The Balaban J connectivity index is 1.62. The SMILES string of the molecule is O=C(O)N[C@@H]1C[C@H]1c1ccc(C(=O)Nc2ccccc2)cc1. The smallest absolute Gasteiger partial charge is 0.404 e. The maximum absolute atomic E-state index is 12.1. The van der Waals surface area contributed by atoms with Crippen molar-refractivity contribution in [2.45, 2.75) is 18.4 Å². The average molecular weight is 296 g/mol. The van der Waals surface area contributed by atoms with Gasteiger partial charge in [0, 0.05) is 23.2 Å². The van der Waals surface area contributed by atoms with Crippen molar-refractivity contribution >= 4 is 17.7 Å². The quantitative estimate of drug-likeness (QED) is 0.811. The zero-order chi connectivity index (χ0) is 15.5. The van der Waals surface area contributed by atoms with Crippen LogP contribution in [0.3, 0.4) is 0 Å². The van der Waals surface area contributed by atoms with E-state index in [-0.39, 0.29) is 17.9 Å². The Labute approximate surface area is 128 Å². The van der Waals surface area contributed by atoms with E-state index < -0.39 is 6.09 Å². The van der Waals surface area contributed by atoms with Gasteiger partial charge >= 0.3 is 6.09 Å². The molecule has 112 valence electrons. The molecule has 0 aromatic heterocycles. The van der Waals surface area contributed by atoms with Crippen molar-refractivity contribution in [1.82, 2.24) is 5.32 Å². The topological polar surface area (TPSA) is 78.4 Å². The highest BCUT2D eigenvalue weighted by molar-refractivity contribution is 6.04. The Morgan fingerprint density at radius 1 is 1.00 bits per heavy atom. The number of amides is 2. The predicted molar refractivity (Wildman–Crippen MR) is 83.1 cm³/mol. The van der Waals surface area contributed by atoms with Crippen LogP contribution in [0.5, 0.6) is 0 Å². The van der Waals surface area contributed by atoms with Gasteiger partial charge < -0.3 is 15.7 Å². The molecule has 5 nitrogen and oxygen atoms in total. The summed E-state index contributed by atoms with van der Waals surface area (Å²) in [4.78, 5) is 22.7. The molecule has 0 saturated heterocycles. The van der Waals surface area contributed by atoms with Crippen LogP contribution in [0.1, 0.15) is 28.3 Å². The second-order valence-corrected chi connectivity index (χ2v) is 5.34. The Morgan fingerprint density at radius 3 is 2.32 bits per heavy atom. The molecule has 2 amide bonds. The van der Waals surface area contributed by atoms with Crippen LogP contribution in [0.25, 0.3) is 0 Å². The van der Waals surface area contributed by atoms with Gasteiger partial charge in [0.2, 0.25) is 0 Å². The molecule has 1 aliphatic carbocycles. The first-order valence-electron chi connectivity index (χ1n) is 7.09. The average Bonchev–Trinajstić information content (AvgIpc) is 3.27. The van der Waals surface area contributed by atoms with Crippen molar-refractivity contribution in [3.63, 3.8) is 0 Å². The molecule has 5 heteroatoms. The monoisotopic (exact) mass is 296 g/mol. The first kappa shape index (κ1) is 14.1. The van der Waals surface area contributed by atoms with E-state index in [1.54, 1.807) is 12.1 Å². The van der Waals surface area contributed by atoms with Gasteiger partial charge in [-0.25, -0.2) is 4.79 Å². The number of carbonyl (C=O) groups is 2. The van der Waals surface area contributed by atoms with E-state index in [0.29, 0.717) is 5.56 Å². The second kappa shape index (κ2) is 5.89. The molecule has 2 aromatic rings. The van der Waals surface area contributed by atoms with Gasteiger partial charge in [-0.3, -0.25) is 4.79 Å². The summed E-state index contributed by atoms with van der Waals surface area (Å²) < 4.78 is 0. The van der Waals surface area contributed by atoms with Crippen molar-refractivity contribution in [3.8, 4) is 0 Å². The van der Waals surface area contributed by atoms with Crippen LogP contribution in [0, 0.1) is 0 Å². The lowest BCUT2D eigenvalue weighted by Crippen LogP contribution is -2.24. The first-order valence-corrected chi connectivity index (χ1v) is 7.09. The molecule has 0 aliphatic heterocycles. The van der Waals surface area contributed by atoms with Crippen molar-refractivity contribution in [3.05, 3.63) is 65.7 Å². The highest BCUT2D eigenvalue weighted by atomic mass is 16.4. The molecular formula is C17H16N2O3. The fraction of sp³-hybridized carbons (Fsp3) is 0.176. The van der Waals surface area contributed by atoms with E-state index in [4.69, 9.17) is 5.11 Å². The van der Waals surface area contributed by atoms with Gasteiger partial charge in [0.25, 0.3) is 5.91 Å². The zero-order valence-electron chi connectivity index (χ0n) is 11.8. The predicted octanol–water partition coefficient (Wildman–Crippen LogP) is 3.06. The minimum atomic E-state index is -0.994. The molecule has 0 bridgehead atoms. The second-order valence-electron chi connectivity index (χ2n) is 5.34. The highest BCUT2D eigenvalue weighted by Crippen LogP contribution is 2.40. The lowest BCUT2D eigenvalue weighted by Gasteiger charge is -2.06. The number of para-hydroxylation sites is 1. The maximum atomic E-state index is 12.1. The molecule has 0 radical (unpaired) electrons. The van der Waals surface area contributed by atoms with Gasteiger partial charge in [0.1, 0.15) is 0 Å². The van der Waals surface area contributed by atoms with Gasteiger partial charge in [-0.2, -0.15) is 0 Å². The number of anilines is 1. The highest BCUT2D eigenvalue weighted by Gasteiger charge is 2.39. The minimum absolute atomic E-state index is 0.0125. The number of hydrogen-bond donors (Lipinski definition) is 3.